The molecule has 31 heavy (non-hydrogen) atoms. The van der Waals surface area contributed by atoms with Gasteiger partial charge in [0.15, 0.2) is 12.6 Å². The molecule has 6 nitrogen and oxygen atoms in total. The Hall–Kier alpha value is -1.72. The number of alkyl halides is 3. The Morgan fingerprint density at radius 1 is 1.26 bits per heavy atom. The minimum absolute atomic E-state index is 0. The summed E-state index contributed by atoms with van der Waals surface area (Å²) in [5, 5.41) is 6.50. The largest absolute Gasteiger partial charge is 0.484 e. The van der Waals surface area contributed by atoms with Crippen molar-refractivity contribution >= 4 is 35.8 Å². The van der Waals surface area contributed by atoms with Crippen molar-refractivity contribution < 1.29 is 22.7 Å². The van der Waals surface area contributed by atoms with Gasteiger partial charge in [0.1, 0.15) is 5.75 Å². The Morgan fingerprint density at radius 3 is 2.68 bits per heavy atom. The lowest BCUT2D eigenvalue weighted by atomic mass is 10.1. The molecule has 2 N–H and O–H groups in total. The van der Waals surface area contributed by atoms with Crippen LogP contribution in [0.15, 0.2) is 29.3 Å². The molecule has 1 unspecified atom stereocenters. The third-order valence-corrected chi connectivity index (χ3v) is 5.53. The van der Waals surface area contributed by atoms with Gasteiger partial charge in [0, 0.05) is 38.6 Å². The molecule has 1 amide bonds. The first-order valence-electron chi connectivity index (χ1n) is 10.4. The van der Waals surface area contributed by atoms with Gasteiger partial charge in [0.05, 0.1) is 0 Å². The number of halogens is 4. The summed E-state index contributed by atoms with van der Waals surface area (Å²) in [5.41, 5.74) is 0.780. The maximum absolute atomic E-state index is 12.6. The number of nitrogens with one attached hydrogen (secondary N) is 2. The Labute approximate surface area is 198 Å². The number of carbonyl (C=O) groups is 1. The van der Waals surface area contributed by atoms with Crippen LogP contribution in [0.5, 0.6) is 5.75 Å². The Balaban J connectivity index is 0.00000341. The van der Waals surface area contributed by atoms with Crippen LogP contribution in [0.25, 0.3) is 0 Å². The molecule has 1 saturated heterocycles. The molecule has 2 fully saturated rings. The second-order valence-electron chi connectivity index (χ2n) is 7.87. The minimum Gasteiger partial charge on any atom is -0.484 e. The maximum Gasteiger partial charge on any atom is 0.422 e. The van der Waals surface area contributed by atoms with Crippen molar-refractivity contribution in [2.24, 2.45) is 10.9 Å². The van der Waals surface area contributed by atoms with Crippen LogP contribution in [0, 0.1) is 5.92 Å². The van der Waals surface area contributed by atoms with Gasteiger partial charge in [-0.05, 0) is 37.0 Å². The smallest absolute Gasteiger partial charge is 0.422 e. The first kappa shape index (κ1) is 25.5. The third kappa shape index (κ3) is 8.04. The van der Waals surface area contributed by atoms with Gasteiger partial charge in [-0.25, -0.2) is 0 Å². The molecule has 1 aliphatic heterocycles. The quantitative estimate of drug-likeness (QED) is 0.320. The van der Waals surface area contributed by atoms with Crippen molar-refractivity contribution in [1.82, 2.24) is 15.5 Å². The summed E-state index contributed by atoms with van der Waals surface area (Å²) in [4.78, 5) is 18.7. The SMILES string of the molecule is CN=C(NCc1cccc(OCC(F)(F)F)c1)NC1CCN(C(=O)C2CCCC2)C1.I. The van der Waals surface area contributed by atoms with Crippen LogP contribution in [0.3, 0.4) is 0 Å². The number of benzene rings is 1. The lowest BCUT2D eigenvalue weighted by Crippen LogP contribution is -2.45. The van der Waals surface area contributed by atoms with E-state index in [2.05, 4.69) is 15.6 Å². The number of carbonyl (C=O) groups excluding carboxylic acids is 1. The second kappa shape index (κ2) is 11.8. The van der Waals surface area contributed by atoms with Crippen LogP contribution < -0.4 is 15.4 Å². The number of hydrogen-bond acceptors (Lipinski definition) is 3. The molecule has 1 aromatic carbocycles. The summed E-state index contributed by atoms with van der Waals surface area (Å²) < 4.78 is 41.7. The normalized spacial score (nSPS) is 19.8. The molecule has 174 valence electrons. The molecule has 1 saturated carbocycles. The van der Waals surface area contributed by atoms with Gasteiger partial charge < -0.3 is 20.3 Å². The van der Waals surface area contributed by atoms with E-state index in [0.29, 0.717) is 19.0 Å². The average Bonchev–Trinajstić information content (AvgIpc) is 3.41. The molecule has 1 heterocycles. The molecule has 2 aliphatic rings. The number of guanidine groups is 1. The van der Waals surface area contributed by atoms with Gasteiger partial charge in [-0.3, -0.25) is 9.79 Å². The number of nitrogens with zero attached hydrogens (tertiary/aromatic N) is 2. The number of aliphatic imine (C=N–C) groups is 1. The molecule has 3 rings (SSSR count). The van der Waals surface area contributed by atoms with Crippen LogP contribution in [0.1, 0.15) is 37.7 Å². The zero-order valence-corrected chi connectivity index (χ0v) is 19.9. The minimum atomic E-state index is -4.37. The first-order chi connectivity index (χ1) is 14.3. The van der Waals surface area contributed by atoms with E-state index in [9.17, 15) is 18.0 Å². The summed E-state index contributed by atoms with van der Waals surface area (Å²) in [6, 6.07) is 6.66. The number of ether oxygens (including phenoxy) is 1. The van der Waals surface area contributed by atoms with E-state index < -0.39 is 12.8 Å². The Kier molecular flexibility index (Phi) is 9.70. The maximum atomic E-state index is 12.6. The Morgan fingerprint density at radius 2 is 2.00 bits per heavy atom. The number of likely N-dealkylation sites (tertiary alicyclic amines) is 1. The van der Waals surface area contributed by atoms with Crippen molar-refractivity contribution in [1.29, 1.82) is 0 Å². The van der Waals surface area contributed by atoms with E-state index in [0.717, 1.165) is 44.2 Å². The highest BCUT2D eigenvalue weighted by Crippen LogP contribution is 2.28. The molecular formula is C21H30F3IN4O2. The fourth-order valence-electron chi connectivity index (χ4n) is 3.99. The summed E-state index contributed by atoms with van der Waals surface area (Å²) in [7, 11) is 1.66. The van der Waals surface area contributed by atoms with E-state index >= 15 is 0 Å². The average molecular weight is 554 g/mol. The first-order valence-corrected chi connectivity index (χ1v) is 10.4. The van der Waals surface area contributed by atoms with Crippen LogP contribution in [-0.4, -0.2) is 55.7 Å². The fourth-order valence-corrected chi connectivity index (χ4v) is 3.99. The second-order valence-corrected chi connectivity index (χ2v) is 7.87. The zero-order chi connectivity index (χ0) is 21.6. The molecule has 1 atom stereocenters. The van der Waals surface area contributed by atoms with Crippen LogP contribution >= 0.6 is 24.0 Å². The van der Waals surface area contributed by atoms with Crippen molar-refractivity contribution in [3.05, 3.63) is 29.8 Å². The lowest BCUT2D eigenvalue weighted by Gasteiger charge is -2.21. The highest BCUT2D eigenvalue weighted by atomic mass is 127. The summed E-state index contributed by atoms with van der Waals surface area (Å²) in [5.74, 6) is 1.23. The topological polar surface area (TPSA) is 66.0 Å². The summed E-state index contributed by atoms with van der Waals surface area (Å²) in [6.07, 6.45) is 0.787. The molecular weight excluding hydrogens is 524 g/mol. The lowest BCUT2D eigenvalue weighted by molar-refractivity contribution is -0.153. The van der Waals surface area contributed by atoms with E-state index in [1.807, 2.05) is 4.90 Å². The van der Waals surface area contributed by atoms with Crippen molar-refractivity contribution in [2.45, 2.75) is 50.9 Å². The predicted octanol–water partition coefficient (Wildman–Crippen LogP) is 3.70. The van der Waals surface area contributed by atoms with Gasteiger partial charge in [-0.2, -0.15) is 13.2 Å². The van der Waals surface area contributed by atoms with Gasteiger partial charge >= 0.3 is 6.18 Å². The summed E-state index contributed by atoms with van der Waals surface area (Å²) in [6.45, 7) is 0.491. The van der Waals surface area contributed by atoms with Gasteiger partial charge in [0.25, 0.3) is 0 Å². The molecule has 10 heteroatoms. The van der Waals surface area contributed by atoms with E-state index in [-0.39, 0.29) is 47.6 Å². The van der Waals surface area contributed by atoms with Crippen LogP contribution in [0.4, 0.5) is 13.2 Å². The zero-order valence-electron chi connectivity index (χ0n) is 17.6. The van der Waals surface area contributed by atoms with Crippen LogP contribution in [0.2, 0.25) is 0 Å². The molecule has 0 spiro atoms. The molecule has 0 radical (unpaired) electrons. The van der Waals surface area contributed by atoms with Crippen molar-refractivity contribution in [2.75, 3.05) is 26.7 Å². The van der Waals surface area contributed by atoms with Crippen molar-refractivity contribution in [3.63, 3.8) is 0 Å². The number of rotatable bonds is 6. The van der Waals surface area contributed by atoms with Crippen LogP contribution in [-0.2, 0) is 11.3 Å². The molecule has 1 aliphatic carbocycles. The van der Waals surface area contributed by atoms with Crippen molar-refractivity contribution in [3.8, 4) is 5.75 Å². The number of hydrogen-bond donors (Lipinski definition) is 2. The highest BCUT2D eigenvalue weighted by molar-refractivity contribution is 14.0. The van der Waals surface area contributed by atoms with Gasteiger partial charge in [0.2, 0.25) is 5.91 Å². The van der Waals surface area contributed by atoms with Gasteiger partial charge in [-0.1, -0.05) is 25.0 Å². The molecule has 0 bridgehead atoms. The highest BCUT2D eigenvalue weighted by Gasteiger charge is 2.32. The third-order valence-electron chi connectivity index (χ3n) is 5.53. The van der Waals surface area contributed by atoms with E-state index in [1.165, 1.54) is 6.07 Å². The summed E-state index contributed by atoms with van der Waals surface area (Å²) >= 11 is 0. The standard InChI is InChI=1S/C21H29F3N4O2.HI/c1-25-20(26-12-15-5-4-8-18(11-15)30-14-21(22,23)24)27-17-9-10-28(13-17)19(29)16-6-2-3-7-16;/h4-5,8,11,16-17H,2-3,6-7,9-10,12-14H2,1H3,(H2,25,26,27);1H. The fraction of sp³-hybridized carbons (Fsp3) is 0.619. The Bertz CT molecular complexity index is 754. The monoisotopic (exact) mass is 554 g/mol. The van der Waals surface area contributed by atoms with E-state index in [1.54, 1.807) is 25.2 Å². The van der Waals surface area contributed by atoms with E-state index in [4.69, 9.17) is 4.74 Å². The predicted molar refractivity (Wildman–Crippen MR) is 124 cm³/mol. The molecule has 1 aromatic rings. The molecule has 0 aromatic heterocycles. The van der Waals surface area contributed by atoms with Gasteiger partial charge in [-0.15, -0.1) is 24.0 Å². The number of amides is 1.